The summed E-state index contributed by atoms with van der Waals surface area (Å²) in [7, 11) is 0. The standard InChI is InChI=1S/C20H13BrN2O4/c21-18-9-5-4-8-17(18)20(25)27-23-16-12-10-15(11-13-16)22-26-19(24)14-6-2-1-3-7-14/h1-13H. The Kier molecular flexibility index (Phi) is 6.06. The van der Waals surface area contributed by atoms with Gasteiger partial charge in [0.15, 0.2) is 0 Å². The molecule has 0 radical (unpaired) electrons. The van der Waals surface area contributed by atoms with Crippen LogP contribution in [0, 0.1) is 0 Å². The molecule has 1 aliphatic rings. The topological polar surface area (TPSA) is 77.3 Å². The van der Waals surface area contributed by atoms with E-state index < -0.39 is 11.9 Å². The summed E-state index contributed by atoms with van der Waals surface area (Å²) in [5, 5.41) is 7.56. The first-order valence-corrected chi connectivity index (χ1v) is 8.67. The van der Waals surface area contributed by atoms with E-state index in [1.54, 1.807) is 78.9 Å². The number of hydrogen-bond donors (Lipinski definition) is 0. The Bertz CT molecular complexity index is 960. The summed E-state index contributed by atoms with van der Waals surface area (Å²) >= 11 is 3.28. The summed E-state index contributed by atoms with van der Waals surface area (Å²) in [6.07, 6.45) is 6.35. The second-order valence-electron chi connectivity index (χ2n) is 5.30. The van der Waals surface area contributed by atoms with E-state index in [9.17, 15) is 9.59 Å². The van der Waals surface area contributed by atoms with Gasteiger partial charge in [0, 0.05) is 4.47 Å². The zero-order valence-electron chi connectivity index (χ0n) is 13.9. The molecular weight excluding hydrogens is 412 g/mol. The molecule has 0 saturated carbocycles. The summed E-state index contributed by atoms with van der Waals surface area (Å²) in [5.41, 5.74) is 1.63. The lowest BCUT2D eigenvalue weighted by molar-refractivity contribution is 0.0507. The van der Waals surface area contributed by atoms with Gasteiger partial charge < -0.3 is 9.68 Å². The maximum Gasteiger partial charge on any atom is 0.366 e. The van der Waals surface area contributed by atoms with Crippen molar-refractivity contribution in [3.8, 4) is 0 Å². The van der Waals surface area contributed by atoms with E-state index in [0.717, 1.165) is 0 Å². The van der Waals surface area contributed by atoms with Crippen molar-refractivity contribution < 1.29 is 19.3 Å². The average Bonchev–Trinajstić information content (AvgIpc) is 2.72. The van der Waals surface area contributed by atoms with Gasteiger partial charge in [0.05, 0.1) is 11.1 Å². The molecule has 7 heteroatoms. The lowest BCUT2D eigenvalue weighted by atomic mass is 10.1. The summed E-state index contributed by atoms with van der Waals surface area (Å²) in [5.74, 6) is -1.13. The minimum atomic E-state index is -0.576. The van der Waals surface area contributed by atoms with E-state index in [0.29, 0.717) is 27.0 Å². The van der Waals surface area contributed by atoms with E-state index in [4.69, 9.17) is 9.68 Å². The highest BCUT2D eigenvalue weighted by Gasteiger charge is 2.11. The molecule has 1 aliphatic carbocycles. The van der Waals surface area contributed by atoms with E-state index in [1.807, 2.05) is 0 Å². The SMILES string of the molecule is O=C(ON=C1C=CC(=NOC(=O)c2ccccc2Br)C=C1)c1ccccc1. The fraction of sp³-hybridized carbons (Fsp3) is 0. The predicted octanol–water partition coefficient (Wildman–Crippen LogP) is 4.30. The van der Waals surface area contributed by atoms with Gasteiger partial charge in [0.1, 0.15) is 11.4 Å². The fourth-order valence-corrected chi connectivity index (χ4v) is 2.51. The monoisotopic (exact) mass is 424 g/mol. The maximum atomic E-state index is 12.0. The number of carbonyl (C=O) groups excluding carboxylic acids is 2. The first-order valence-electron chi connectivity index (χ1n) is 7.88. The quantitative estimate of drug-likeness (QED) is 0.416. The average molecular weight is 425 g/mol. The highest BCUT2D eigenvalue weighted by Crippen LogP contribution is 2.17. The largest absolute Gasteiger partial charge is 0.366 e. The second-order valence-corrected chi connectivity index (χ2v) is 6.16. The van der Waals surface area contributed by atoms with E-state index in [1.165, 1.54) is 0 Å². The zero-order chi connectivity index (χ0) is 19.1. The van der Waals surface area contributed by atoms with Crippen LogP contribution in [-0.2, 0) is 9.68 Å². The van der Waals surface area contributed by atoms with Gasteiger partial charge >= 0.3 is 11.9 Å². The van der Waals surface area contributed by atoms with E-state index in [2.05, 4.69) is 26.2 Å². The van der Waals surface area contributed by atoms with Crippen LogP contribution >= 0.6 is 15.9 Å². The van der Waals surface area contributed by atoms with Gasteiger partial charge in [-0.25, -0.2) is 9.59 Å². The molecule has 0 aliphatic heterocycles. The molecule has 27 heavy (non-hydrogen) atoms. The Balaban J connectivity index is 1.57. The van der Waals surface area contributed by atoms with Crippen LogP contribution in [-0.4, -0.2) is 23.4 Å². The van der Waals surface area contributed by atoms with Crippen molar-refractivity contribution in [2.45, 2.75) is 0 Å². The summed E-state index contributed by atoms with van der Waals surface area (Å²) in [4.78, 5) is 33.6. The number of hydrogen-bond acceptors (Lipinski definition) is 6. The highest BCUT2D eigenvalue weighted by atomic mass is 79.9. The van der Waals surface area contributed by atoms with Gasteiger partial charge in [-0.05, 0) is 64.5 Å². The number of benzene rings is 2. The molecule has 2 aromatic carbocycles. The van der Waals surface area contributed by atoms with E-state index in [-0.39, 0.29) is 0 Å². The highest BCUT2D eigenvalue weighted by molar-refractivity contribution is 9.10. The normalized spacial score (nSPS) is 12.5. The van der Waals surface area contributed by atoms with Crippen LogP contribution in [0.4, 0.5) is 0 Å². The van der Waals surface area contributed by atoms with Crippen LogP contribution in [0.2, 0.25) is 0 Å². The Morgan fingerprint density at radius 2 is 1.22 bits per heavy atom. The van der Waals surface area contributed by atoms with Gasteiger partial charge in [-0.1, -0.05) is 40.6 Å². The smallest absolute Gasteiger partial charge is 0.312 e. The molecular formula is C20H13BrN2O4. The molecule has 134 valence electrons. The van der Waals surface area contributed by atoms with Crippen molar-refractivity contribution in [1.29, 1.82) is 0 Å². The summed E-state index contributed by atoms with van der Waals surface area (Å²) < 4.78 is 0.625. The Morgan fingerprint density at radius 1 is 0.704 bits per heavy atom. The van der Waals surface area contributed by atoms with Gasteiger partial charge in [0.25, 0.3) is 0 Å². The number of carbonyl (C=O) groups is 2. The molecule has 2 aromatic rings. The Labute approximate surface area is 163 Å². The van der Waals surface area contributed by atoms with Crippen molar-refractivity contribution in [3.05, 3.63) is 94.5 Å². The predicted molar refractivity (Wildman–Crippen MR) is 105 cm³/mol. The van der Waals surface area contributed by atoms with Crippen LogP contribution in [0.25, 0.3) is 0 Å². The molecule has 0 unspecified atom stereocenters. The molecule has 0 aromatic heterocycles. The number of rotatable bonds is 4. The first-order chi connectivity index (χ1) is 13.1. The molecule has 0 N–H and O–H groups in total. The van der Waals surface area contributed by atoms with Crippen LogP contribution in [0.3, 0.4) is 0 Å². The minimum absolute atomic E-state index is 0.376. The van der Waals surface area contributed by atoms with Gasteiger partial charge in [0.2, 0.25) is 0 Å². The molecule has 0 bridgehead atoms. The zero-order valence-corrected chi connectivity index (χ0v) is 15.5. The fourth-order valence-electron chi connectivity index (χ4n) is 2.07. The van der Waals surface area contributed by atoms with Gasteiger partial charge in [-0.3, -0.25) is 0 Å². The third-order valence-corrected chi connectivity index (χ3v) is 4.11. The molecule has 0 spiro atoms. The van der Waals surface area contributed by atoms with Gasteiger partial charge in [-0.2, -0.15) is 0 Å². The van der Waals surface area contributed by atoms with Crippen molar-refractivity contribution in [3.63, 3.8) is 0 Å². The second kappa shape index (κ2) is 8.86. The van der Waals surface area contributed by atoms with Crippen LogP contribution < -0.4 is 0 Å². The number of halogens is 1. The van der Waals surface area contributed by atoms with Crippen molar-refractivity contribution in [2.24, 2.45) is 10.3 Å². The molecule has 6 nitrogen and oxygen atoms in total. The lowest BCUT2D eigenvalue weighted by Crippen LogP contribution is -2.07. The Morgan fingerprint density at radius 3 is 1.81 bits per heavy atom. The van der Waals surface area contributed by atoms with Gasteiger partial charge in [-0.15, -0.1) is 0 Å². The molecule has 0 atom stereocenters. The van der Waals surface area contributed by atoms with Crippen LogP contribution in [0.1, 0.15) is 20.7 Å². The Hall–Kier alpha value is -3.32. The van der Waals surface area contributed by atoms with Crippen LogP contribution in [0.15, 0.2) is 93.7 Å². The lowest BCUT2D eigenvalue weighted by Gasteiger charge is -2.03. The van der Waals surface area contributed by atoms with Crippen molar-refractivity contribution in [2.75, 3.05) is 0 Å². The molecule has 0 amide bonds. The molecule has 3 rings (SSSR count). The van der Waals surface area contributed by atoms with Crippen LogP contribution in [0.5, 0.6) is 0 Å². The maximum absolute atomic E-state index is 12.0. The van der Waals surface area contributed by atoms with Crippen molar-refractivity contribution >= 4 is 39.3 Å². The third kappa shape index (κ3) is 5.08. The number of nitrogens with zero attached hydrogens (tertiary/aromatic N) is 2. The molecule has 0 heterocycles. The number of oxime groups is 2. The number of allylic oxidation sites excluding steroid dienone is 4. The molecule has 0 fully saturated rings. The summed E-state index contributed by atoms with van der Waals surface area (Å²) in [6.45, 7) is 0. The minimum Gasteiger partial charge on any atom is -0.312 e. The van der Waals surface area contributed by atoms with Crippen molar-refractivity contribution in [1.82, 2.24) is 0 Å². The van der Waals surface area contributed by atoms with E-state index >= 15 is 0 Å². The molecule has 0 saturated heterocycles. The first kappa shape index (κ1) is 18.5. The third-order valence-electron chi connectivity index (χ3n) is 3.42. The summed E-state index contributed by atoms with van der Waals surface area (Å²) in [6, 6.07) is 15.5.